The maximum atomic E-state index is 13.0. The third kappa shape index (κ3) is 5.72. The Kier molecular flexibility index (Phi) is 7.07. The lowest BCUT2D eigenvalue weighted by atomic mass is 10.1. The van der Waals surface area contributed by atoms with Crippen LogP contribution in [0.4, 0.5) is 24.8 Å². The zero-order valence-electron chi connectivity index (χ0n) is 19.0. The second-order valence-electron chi connectivity index (χ2n) is 7.64. The summed E-state index contributed by atoms with van der Waals surface area (Å²) in [6.07, 6.45) is -1.51. The third-order valence-corrected chi connectivity index (χ3v) is 5.27. The van der Waals surface area contributed by atoms with Gasteiger partial charge in [-0.15, -0.1) is 0 Å². The van der Waals surface area contributed by atoms with Crippen molar-refractivity contribution in [3.8, 4) is 22.9 Å². The summed E-state index contributed by atoms with van der Waals surface area (Å²) in [6, 6.07) is 12.4. The minimum atomic E-state index is -4.54. The standard InChI is InChI=1S/C25H19ClF3N5O2/c1-14-10-18(33-22(35)15-4-3-5-16(11-15)25(27,28)29)6-7-21(14)36-23-19(12-17(26)13-32-23)20-8-9-31-24(30-2)34-20/h3-13H,1-2H3,(H,33,35)(H,30,31,34). The monoisotopic (exact) mass is 513 g/mol. The number of amides is 1. The summed E-state index contributed by atoms with van der Waals surface area (Å²) in [4.78, 5) is 25.3. The van der Waals surface area contributed by atoms with Gasteiger partial charge in [0, 0.05) is 30.7 Å². The fraction of sp³-hybridized carbons (Fsp3) is 0.120. The first-order chi connectivity index (χ1) is 17.1. The number of rotatable bonds is 6. The number of halogens is 4. The lowest BCUT2D eigenvalue weighted by Gasteiger charge is -2.14. The van der Waals surface area contributed by atoms with E-state index in [0.717, 1.165) is 12.1 Å². The molecule has 0 saturated carbocycles. The lowest BCUT2D eigenvalue weighted by Crippen LogP contribution is -2.14. The lowest BCUT2D eigenvalue weighted by molar-refractivity contribution is -0.137. The first-order valence-corrected chi connectivity index (χ1v) is 11.0. The summed E-state index contributed by atoms with van der Waals surface area (Å²) in [6.45, 7) is 1.76. The van der Waals surface area contributed by atoms with E-state index < -0.39 is 17.6 Å². The molecule has 0 unspecified atom stereocenters. The molecule has 0 fully saturated rings. The van der Waals surface area contributed by atoms with Crippen molar-refractivity contribution < 1.29 is 22.7 Å². The maximum Gasteiger partial charge on any atom is 0.416 e. The van der Waals surface area contributed by atoms with Gasteiger partial charge in [-0.2, -0.15) is 13.2 Å². The summed E-state index contributed by atoms with van der Waals surface area (Å²) in [5.41, 5.74) is 1.12. The van der Waals surface area contributed by atoms with Gasteiger partial charge in [0.15, 0.2) is 0 Å². The Labute approximate surface area is 209 Å². The van der Waals surface area contributed by atoms with Gasteiger partial charge in [0.1, 0.15) is 5.75 Å². The summed E-state index contributed by atoms with van der Waals surface area (Å²) >= 11 is 6.15. The highest BCUT2D eigenvalue weighted by Gasteiger charge is 2.30. The molecule has 2 aromatic carbocycles. The zero-order valence-corrected chi connectivity index (χ0v) is 19.8. The van der Waals surface area contributed by atoms with Crippen molar-refractivity contribution in [1.82, 2.24) is 15.0 Å². The molecule has 11 heteroatoms. The fourth-order valence-corrected chi connectivity index (χ4v) is 3.46. The zero-order chi connectivity index (χ0) is 25.9. The van der Waals surface area contributed by atoms with E-state index in [0.29, 0.717) is 39.2 Å². The predicted molar refractivity (Wildman–Crippen MR) is 130 cm³/mol. The second-order valence-corrected chi connectivity index (χ2v) is 8.07. The molecule has 36 heavy (non-hydrogen) atoms. The Morgan fingerprint density at radius 2 is 1.86 bits per heavy atom. The van der Waals surface area contributed by atoms with E-state index >= 15 is 0 Å². The number of pyridine rings is 1. The number of alkyl halides is 3. The van der Waals surface area contributed by atoms with E-state index in [9.17, 15) is 18.0 Å². The highest BCUT2D eigenvalue weighted by molar-refractivity contribution is 6.30. The maximum absolute atomic E-state index is 13.0. The first-order valence-electron chi connectivity index (χ1n) is 10.6. The van der Waals surface area contributed by atoms with Crippen LogP contribution in [0.25, 0.3) is 11.3 Å². The van der Waals surface area contributed by atoms with Crippen LogP contribution in [0.15, 0.2) is 67.0 Å². The van der Waals surface area contributed by atoms with Gasteiger partial charge in [0.25, 0.3) is 5.91 Å². The molecule has 0 atom stereocenters. The summed E-state index contributed by atoms with van der Waals surface area (Å²) < 4.78 is 44.9. The quantitative estimate of drug-likeness (QED) is 0.302. The van der Waals surface area contributed by atoms with Gasteiger partial charge >= 0.3 is 6.18 Å². The van der Waals surface area contributed by atoms with Crippen molar-refractivity contribution in [3.63, 3.8) is 0 Å². The Morgan fingerprint density at radius 1 is 1.06 bits per heavy atom. The number of nitrogens with one attached hydrogen (secondary N) is 2. The number of aryl methyl sites for hydroxylation is 1. The molecule has 4 aromatic rings. The van der Waals surface area contributed by atoms with Crippen LogP contribution in [0, 0.1) is 6.92 Å². The van der Waals surface area contributed by atoms with E-state index in [1.54, 1.807) is 50.5 Å². The molecular weight excluding hydrogens is 495 g/mol. The summed E-state index contributed by atoms with van der Waals surface area (Å²) in [5.74, 6) is 0.449. The predicted octanol–water partition coefficient (Wildman–Crippen LogP) is 6.61. The Morgan fingerprint density at radius 3 is 2.58 bits per heavy atom. The summed E-state index contributed by atoms with van der Waals surface area (Å²) in [5, 5.41) is 5.87. The van der Waals surface area contributed by atoms with Gasteiger partial charge in [-0.05, 0) is 61.0 Å². The van der Waals surface area contributed by atoms with Crippen molar-refractivity contribution in [2.75, 3.05) is 17.7 Å². The number of nitrogens with zero attached hydrogens (tertiary/aromatic N) is 3. The number of ether oxygens (including phenoxy) is 1. The third-order valence-electron chi connectivity index (χ3n) is 5.06. The van der Waals surface area contributed by atoms with Crippen LogP contribution in [-0.2, 0) is 6.18 Å². The van der Waals surface area contributed by atoms with Gasteiger partial charge < -0.3 is 15.4 Å². The van der Waals surface area contributed by atoms with Crippen LogP contribution in [0.2, 0.25) is 5.02 Å². The van der Waals surface area contributed by atoms with E-state index in [2.05, 4.69) is 25.6 Å². The number of hydrogen-bond donors (Lipinski definition) is 2. The Bertz CT molecular complexity index is 1430. The van der Waals surface area contributed by atoms with E-state index in [1.165, 1.54) is 18.3 Å². The number of carbonyl (C=O) groups excluding carboxylic acids is 1. The average molecular weight is 514 g/mol. The molecule has 2 heterocycles. The molecule has 0 radical (unpaired) electrons. The van der Waals surface area contributed by atoms with Crippen LogP contribution >= 0.6 is 11.6 Å². The van der Waals surface area contributed by atoms with Gasteiger partial charge in [-0.1, -0.05) is 17.7 Å². The number of hydrogen-bond acceptors (Lipinski definition) is 6. The molecule has 0 aliphatic carbocycles. The van der Waals surface area contributed by atoms with E-state index in [-0.39, 0.29) is 11.4 Å². The minimum Gasteiger partial charge on any atom is -0.438 e. The number of benzene rings is 2. The smallest absolute Gasteiger partial charge is 0.416 e. The van der Waals surface area contributed by atoms with Crippen molar-refractivity contribution in [3.05, 3.63) is 88.7 Å². The molecular formula is C25H19ClF3N5O2. The number of aromatic nitrogens is 3. The van der Waals surface area contributed by atoms with Gasteiger partial charge in [0.05, 0.1) is 21.8 Å². The molecule has 0 saturated heterocycles. The Balaban J connectivity index is 1.56. The van der Waals surface area contributed by atoms with Gasteiger partial charge in [-0.3, -0.25) is 4.79 Å². The molecule has 2 aromatic heterocycles. The molecule has 0 bridgehead atoms. The molecule has 1 amide bonds. The van der Waals surface area contributed by atoms with Crippen LogP contribution in [0.5, 0.6) is 11.6 Å². The molecule has 7 nitrogen and oxygen atoms in total. The van der Waals surface area contributed by atoms with Crippen molar-refractivity contribution in [2.24, 2.45) is 0 Å². The van der Waals surface area contributed by atoms with Gasteiger partial charge in [0.2, 0.25) is 11.8 Å². The second kappa shape index (κ2) is 10.2. The molecule has 0 spiro atoms. The minimum absolute atomic E-state index is 0.108. The SMILES string of the molecule is CNc1nccc(-c2cc(Cl)cnc2Oc2ccc(NC(=O)c3cccc(C(F)(F)F)c3)cc2C)n1. The van der Waals surface area contributed by atoms with Crippen LogP contribution in [0.3, 0.4) is 0 Å². The van der Waals surface area contributed by atoms with Crippen molar-refractivity contribution in [2.45, 2.75) is 13.1 Å². The normalized spacial score (nSPS) is 11.2. The number of carbonyl (C=O) groups is 1. The largest absolute Gasteiger partial charge is 0.438 e. The molecule has 4 rings (SSSR count). The fourth-order valence-electron chi connectivity index (χ4n) is 3.31. The molecule has 0 aliphatic rings. The van der Waals surface area contributed by atoms with Crippen LogP contribution in [-0.4, -0.2) is 27.9 Å². The van der Waals surface area contributed by atoms with Crippen molar-refractivity contribution >= 4 is 29.1 Å². The van der Waals surface area contributed by atoms with Crippen molar-refractivity contribution in [1.29, 1.82) is 0 Å². The van der Waals surface area contributed by atoms with Gasteiger partial charge in [-0.25, -0.2) is 15.0 Å². The summed E-state index contributed by atoms with van der Waals surface area (Å²) in [7, 11) is 1.70. The molecule has 0 aliphatic heterocycles. The molecule has 184 valence electrons. The first kappa shape index (κ1) is 24.9. The number of anilines is 2. The topological polar surface area (TPSA) is 89.0 Å². The Hall–Kier alpha value is -4.18. The molecule has 2 N–H and O–H groups in total. The van der Waals surface area contributed by atoms with E-state index in [1.807, 2.05) is 0 Å². The highest BCUT2D eigenvalue weighted by atomic mass is 35.5. The van der Waals surface area contributed by atoms with E-state index in [4.69, 9.17) is 16.3 Å². The van der Waals surface area contributed by atoms with Crippen LogP contribution < -0.4 is 15.4 Å². The highest BCUT2D eigenvalue weighted by Crippen LogP contribution is 2.35. The van der Waals surface area contributed by atoms with Crippen LogP contribution in [0.1, 0.15) is 21.5 Å². The average Bonchev–Trinajstić information content (AvgIpc) is 2.86.